The lowest BCUT2D eigenvalue weighted by atomic mass is 10.1. The van der Waals surface area contributed by atoms with Gasteiger partial charge in [0.2, 0.25) is 0 Å². The number of rotatable bonds is 9. The second-order valence-corrected chi connectivity index (χ2v) is 7.72. The zero-order chi connectivity index (χ0) is 22.2. The quantitative estimate of drug-likeness (QED) is 0.517. The summed E-state index contributed by atoms with van der Waals surface area (Å²) in [6, 6.07) is 25.5. The van der Waals surface area contributed by atoms with Gasteiger partial charge in [-0.25, -0.2) is 0 Å². The summed E-state index contributed by atoms with van der Waals surface area (Å²) < 4.78 is 17.6. The molecule has 3 aromatic carbocycles. The predicted molar refractivity (Wildman–Crippen MR) is 121 cm³/mol. The maximum absolute atomic E-state index is 10.8. The first-order chi connectivity index (χ1) is 15.7. The van der Waals surface area contributed by atoms with Crippen molar-refractivity contribution in [3.05, 3.63) is 90.0 Å². The summed E-state index contributed by atoms with van der Waals surface area (Å²) in [6.45, 7) is 3.12. The topological polar surface area (TPSA) is 68.2 Å². The van der Waals surface area contributed by atoms with E-state index in [0.29, 0.717) is 26.3 Å². The van der Waals surface area contributed by atoms with Crippen LogP contribution in [0.4, 0.5) is 0 Å². The Labute approximate surface area is 188 Å². The summed E-state index contributed by atoms with van der Waals surface area (Å²) in [4.78, 5) is 12.9. The average molecular weight is 434 g/mol. The van der Waals surface area contributed by atoms with Crippen LogP contribution in [0.1, 0.15) is 23.7 Å². The molecule has 1 N–H and O–H groups in total. The molecule has 0 radical (unpaired) electrons. The van der Waals surface area contributed by atoms with Gasteiger partial charge in [-0.1, -0.05) is 42.5 Å². The number of ether oxygens (including phenoxy) is 3. The molecule has 1 aliphatic heterocycles. The van der Waals surface area contributed by atoms with Crippen molar-refractivity contribution in [2.45, 2.75) is 19.1 Å². The van der Waals surface area contributed by atoms with Crippen LogP contribution in [-0.4, -0.2) is 42.2 Å². The van der Waals surface area contributed by atoms with Gasteiger partial charge in [-0.3, -0.25) is 9.69 Å². The second kappa shape index (κ2) is 10.8. The first-order valence-electron chi connectivity index (χ1n) is 10.8. The molecule has 0 aromatic heterocycles. The van der Waals surface area contributed by atoms with Crippen molar-refractivity contribution < 1.29 is 24.1 Å². The van der Waals surface area contributed by atoms with Gasteiger partial charge >= 0.3 is 5.97 Å². The summed E-state index contributed by atoms with van der Waals surface area (Å²) in [6.07, 6.45) is 0.0860. The van der Waals surface area contributed by atoms with Gasteiger partial charge in [-0.05, 0) is 47.5 Å². The van der Waals surface area contributed by atoms with E-state index in [2.05, 4.69) is 4.90 Å². The maximum atomic E-state index is 10.8. The molecule has 1 heterocycles. The standard InChI is InChI=1S/C26H27NO5/c28-26(29)14-15-27-16-17-30-25(18-27)21-6-8-23(9-7-21)32-24-12-10-22(11-13-24)31-19-20-4-2-1-3-5-20/h1-13,25H,14-19H2,(H,28,29). The van der Waals surface area contributed by atoms with Gasteiger partial charge < -0.3 is 19.3 Å². The summed E-state index contributed by atoms with van der Waals surface area (Å²) in [5.41, 5.74) is 2.18. The number of hydrogen-bond acceptors (Lipinski definition) is 5. The highest BCUT2D eigenvalue weighted by Crippen LogP contribution is 2.28. The lowest BCUT2D eigenvalue weighted by Gasteiger charge is -2.32. The molecule has 0 saturated carbocycles. The third-order valence-electron chi connectivity index (χ3n) is 5.35. The SMILES string of the molecule is O=C(O)CCN1CCOC(c2ccc(Oc3ccc(OCc4ccccc4)cc3)cc2)C1. The van der Waals surface area contributed by atoms with Gasteiger partial charge in [0.15, 0.2) is 0 Å². The highest BCUT2D eigenvalue weighted by molar-refractivity contribution is 5.66. The van der Waals surface area contributed by atoms with Crippen LogP contribution in [0.5, 0.6) is 17.2 Å². The molecule has 1 aliphatic rings. The number of nitrogens with zero attached hydrogens (tertiary/aromatic N) is 1. The lowest BCUT2D eigenvalue weighted by Crippen LogP contribution is -2.39. The lowest BCUT2D eigenvalue weighted by molar-refractivity contribution is -0.137. The highest BCUT2D eigenvalue weighted by atomic mass is 16.5. The van der Waals surface area contributed by atoms with E-state index in [1.165, 1.54) is 0 Å². The van der Waals surface area contributed by atoms with E-state index < -0.39 is 5.97 Å². The van der Waals surface area contributed by atoms with Crippen LogP contribution in [0.25, 0.3) is 0 Å². The first-order valence-corrected chi connectivity index (χ1v) is 10.8. The van der Waals surface area contributed by atoms with E-state index in [-0.39, 0.29) is 12.5 Å². The van der Waals surface area contributed by atoms with Crippen molar-refractivity contribution in [2.24, 2.45) is 0 Å². The normalized spacial score (nSPS) is 16.4. The zero-order valence-corrected chi connectivity index (χ0v) is 17.9. The Morgan fingerprint density at radius 3 is 2.28 bits per heavy atom. The van der Waals surface area contributed by atoms with Crippen molar-refractivity contribution in [3.8, 4) is 17.2 Å². The molecule has 1 saturated heterocycles. The van der Waals surface area contributed by atoms with Crippen LogP contribution in [0.15, 0.2) is 78.9 Å². The van der Waals surface area contributed by atoms with Crippen molar-refractivity contribution in [2.75, 3.05) is 26.2 Å². The molecular weight excluding hydrogens is 406 g/mol. The molecule has 6 heteroatoms. The Kier molecular flexibility index (Phi) is 7.38. The fourth-order valence-corrected chi connectivity index (χ4v) is 3.59. The molecule has 32 heavy (non-hydrogen) atoms. The minimum absolute atomic E-state index is 0.0624. The average Bonchev–Trinajstić information content (AvgIpc) is 2.84. The van der Waals surface area contributed by atoms with Crippen LogP contribution in [0, 0.1) is 0 Å². The molecule has 166 valence electrons. The molecule has 6 nitrogen and oxygen atoms in total. The van der Waals surface area contributed by atoms with E-state index in [4.69, 9.17) is 19.3 Å². The van der Waals surface area contributed by atoms with Crippen LogP contribution in [0.3, 0.4) is 0 Å². The molecule has 1 unspecified atom stereocenters. The molecule has 0 aliphatic carbocycles. The predicted octanol–water partition coefficient (Wildman–Crippen LogP) is 4.91. The van der Waals surface area contributed by atoms with Crippen LogP contribution in [-0.2, 0) is 16.1 Å². The Morgan fingerprint density at radius 1 is 0.938 bits per heavy atom. The number of aliphatic carboxylic acids is 1. The summed E-state index contributed by atoms with van der Waals surface area (Å²) >= 11 is 0. The van der Waals surface area contributed by atoms with Crippen molar-refractivity contribution in [1.82, 2.24) is 4.90 Å². The molecular formula is C26H27NO5. The molecule has 3 aromatic rings. The van der Waals surface area contributed by atoms with Crippen molar-refractivity contribution in [1.29, 1.82) is 0 Å². The second-order valence-electron chi connectivity index (χ2n) is 7.72. The number of carboxylic acids is 1. The van der Waals surface area contributed by atoms with E-state index in [9.17, 15) is 4.79 Å². The largest absolute Gasteiger partial charge is 0.489 e. The fourth-order valence-electron chi connectivity index (χ4n) is 3.59. The van der Waals surface area contributed by atoms with Gasteiger partial charge in [-0.15, -0.1) is 0 Å². The molecule has 1 fully saturated rings. The number of hydrogen-bond donors (Lipinski definition) is 1. The van der Waals surface area contributed by atoms with Gasteiger partial charge in [0.1, 0.15) is 23.9 Å². The van der Waals surface area contributed by atoms with Gasteiger partial charge in [0.05, 0.1) is 19.1 Å². The minimum atomic E-state index is -0.773. The molecule has 4 rings (SSSR count). The zero-order valence-electron chi connectivity index (χ0n) is 17.9. The number of benzene rings is 3. The Balaban J connectivity index is 1.29. The summed E-state index contributed by atoms with van der Waals surface area (Å²) in [5.74, 6) is 1.49. The van der Waals surface area contributed by atoms with Gasteiger partial charge in [-0.2, -0.15) is 0 Å². The number of carboxylic acid groups (broad SMARTS) is 1. The van der Waals surface area contributed by atoms with Gasteiger partial charge in [0, 0.05) is 19.6 Å². The van der Waals surface area contributed by atoms with E-state index in [0.717, 1.165) is 34.9 Å². The van der Waals surface area contributed by atoms with Crippen molar-refractivity contribution in [3.63, 3.8) is 0 Å². The van der Waals surface area contributed by atoms with Crippen LogP contribution >= 0.6 is 0 Å². The van der Waals surface area contributed by atoms with Crippen LogP contribution in [0.2, 0.25) is 0 Å². The van der Waals surface area contributed by atoms with E-state index in [1.807, 2.05) is 78.9 Å². The Morgan fingerprint density at radius 2 is 1.59 bits per heavy atom. The third kappa shape index (κ3) is 6.33. The summed E-state index contributed by atoms with van der Waals surface area (Å²) in [5, 5.41) is 8.89. The van der Waals surface area contributed by atoms with E-state index in [1.54, 1.807) is 0 Å². The maximum Gasteiger partial charge on any atom is 0.304 e. The summed E-state index contributed by atoms with van der Waals surface area (Å²) in [7, 11) is 0. The highest BCUT2D eigenvalue weighted by Gasteiger charge is 2.22. The smallest absolute Gasteiger partial charge is 0.304 e. The van der Waals surface area contributed by atoms with Crippen molar-refractivity contribution >= 4 is 5.97 Å². The Hall–Kier alpha value is -3.35. The molecule has 0 amide bonds. The van der Waals surface area contributed by atoms with Crippen LogP contribution < -0.4 is 9.47 Å². The van der Waals surface area contributed by atoms with E-state index >= 15 is 0 Å². The Bertz CT molecular complexity index is 989. The molecule has 1 atom stereocenters. The monoisotopic (exact) mass is 433 g/mol. The molecule has 0 spiro atoms. The number of morpholine rings is 1. The number of carbonyl (C=O) groups is 1. The fraction of sp³-hybridized carbons (Fsp3) is 0.269. The third-order valence-corrected chi connectivity index (χ3v) is 5.35. The van der Waals surface area contributed by atoms with Gasteiger partial charge in [0.25, 0.3) is 0 Å². The minimum Gasteiger partial charge on any atom is -0.489 e. The molecule has 0 bridgehead atoms. The first kappa shape index (κ1) is 21.9.